The van der Waals surface area contributed by atoms with E-state index in [0.29, 0.717) is 12.5 Å². The minimum atomic E-state index is -0.0122. The van der Waals surface area contributed by atoms with Crippen LogP contribution in [0.15, 0.2) is 78.9 Å². The third kappa shape index (κ3) is 5.61. The highest BCUT2D eigenvalue weighted by Gasteiger charge is 2.52. The van der Waals surface area contributed by atoms with Gasteiger partial charge in [0.1, 0.15) is 11.5 Å². The van der Waals surface area contributed by atoms with E-state index in [4.69, 9.17) is 9.47 Å². The molecule has 0 aliphatic carbocycles. The molecule has 0 radical (unpaired) electrons. The molecule has 3 aliphatic rings. The molecule has 3 aromatic rings. The van der Waals surface area contributed by atoms with Crippen molar-refractivity contribution in [1.82, 2.24) is 15.1 Å². The van der Waals surface area contributed by atoms with Gasteiger partial charge >= 0.3 is 0 Å². The molecule has 0 spiro atoms. The number of nitrogens with one attached hydrogen (secondary N) is 1. The molecular weight excluding hydrogens is 498 g/mol. The molecule has 3 heterocycles. The molecule has 6 nitrogen and oxygen atoms in total. The normalized spacial score (nSPS) is 23.7. The van der Waals surface area contributed by atoms with Crippen molar-refractivity contribution in [2.75, 3.05) is 40.4 Å². The van der Waals surface area contributed by atoms with Crippen molar-refractivity contribution in [1.29, 1.82) is 0 Å². The lowest BCUT2D eigenvalue weighted by Gasteiger charge is -2.57. The lowest BCUT2D eigenvalue weighted by molar-refractivity contribution is -0.145. The molecule has 5 atom stereocenters. The van der Waals surface area contributed by atoms with Crippen LogP contribution >= 0.6 is 0 Å². The minimum Gasteiger partial charge on any atom is -0.497 e. The number of nitrogens with zero attached hydrogens (tertiary/aromatic N) is 2. The van der Waals surface area contributed by atoms with Gasteiger partial charge in [0.05, 0.1) is 20.1 Å². The van der Waals surface area contributed by atoms with Gasteiger partial charge in [-0.25, -0.2) is 0 Å². The summed E-state index contributed by atoms with van der Waals surface area (Å²) in [5, 5.41) is 3.98. The van der Waals surface area contributed by atoms with Crippen LogP contribution in [0.1, 0.15) is 42.9 Å². The Balaban J connectivity index is 1.55. The first-order valence-electron chi connectivity index (χ1n) is 14.7. The molecule has 40 heavy (non-hydrogen) atoms. The molecule has 6 heteroatoms. The SMILES string of the molecule is CCN(CC)C(=O)[C@H]1CN2CC[C@@H]1[C@H](NCc1cc(OC)ccc1OC)[C@H]2C(c1ccccc1)c1ccccc1. The number of methoxy groups -OCH3 is 2. The first-order valence-corrected chi connectivity index (χ1v) is 14.7. The van der Waals surface area contributed by atoms with E-state index in [9.17, 15) is 4.79 Å². The third-order valence-corrected chi connectivity index (χ3v) is 9.02. The second kappa shape index (κ2) is 12.9. The molecule has 0 saturated carbocycles. The van der Waals surface area contributed by atoms with Gasteiger partial charge in [0, 0.05) is 49.7 Å². The van der Waals surface area contributed by atoms with E-state index >= 15 is 0 Å². The van der Waals surface area contributed by atoms with Gasteiger partial charge in [0.2, 0.25) is 5.91 Å². The van der Waals surface area contributed by atoms with Crippen LogP contribution in [0.3, 0.4) is 0 Å². The summed E-state index contributed by atoms with van der Waals surface area (Å²) in [5.74, 6) is 2.35. The van der Waals surface area contributed by atoms with Crippen molar-refractivity contribution in [3.05, 3.63) is 95.6 Å². The first-order chi connectivity index (χ1) is 19.6. The fourth-order valence-corrected chi connectivity index (χ4v) is 7.05. The van der Waals surface area contributed by atoms with Crippen molar-refractivity contribution < 1.29 is 14.3 Å². The van der Waals surface area contributed by atoms with Gasteiger partial charge in [-0.05, 0) is 62.1 Å². The number of hydrogen-bond donors (Lipinski definition) is 1. The second-order valence-electron chi connectivity index (χ2n) is 10.9. The minimum absolute atomic E-state index is 0.0122. The highest BCUT2D eigenvalue weighted by Crippen LogP contribution is 2.45. The summed E-state index contributed by atoms with van der Waals surface area (Å²) in [4.78, 5) is 18.4. The quantitative estimate of drug-likeness (QED) is 0.363. The molecule has 0 aromatic heterocycles. The molecule has 3 aliphatic heterocycles. The molecule has 3 aromatic carbocycles. The molecule has 3 fully saturated rings. The van der Waals surface area contributed by atoms with Crippen LogP contribution < -0.4 is 14.8 Å². The molecule has 1 N–H and O–H groups in total. The standard InChI is InChI=1S/C34H43N3O3/c1-5-36(6-2)34(38)29-23-37-20-19-28(29)32(35-22-26-21-27(39-3)17-18-30(26)40-4)33(37)31(24-13-9-7-10-14-24)25-15-11-8-12-16-25/h7-18,21,28-29,31-33,35H,5-6,19-20,22-23H2,1-4H3/t28-,29-,32-,33+/m0/s1. The van der Waals surface area contributed by atoms with Gasteiger partial charge in [-0.1, -0.05) is 60.7 Å². The number of carbonyl (C=O) groups is 1. The number of rotatable bonds is 11. The zero-order chi connectivity index (χ0) is 28.1. The Kier molecular flexibility index (Phi) is 9.08. The van der Waals surface area contributed by atoms with Gasteiger partial charge < -0.3 is 19.7 Å². The Hall–Kier alpha value is -3.35. The molecule has 1 amide bonds. The number of amides is 1. The summed E-state index contributed by atoms with van der Waals surface area (Å²) >= 11 is 0. The van der Waals surface area contributed by atoms with Crippen LogP contribution in [-0.2, 0) is 11.3 Å². The van der Waals surface area contributed by atoms with Crippen LogP contribution in [0, 0.1) is 11.8 Å². The molecular formula is C34H43N3O3. The average molecular weight is 542 g/mol. The van der Waals surface area contributed by atoms with Crippen molar-refractivity contribution in [3.63, 3.8) is 0 Å². The topological polar surface area (TPSA) is 54.0 Å². The number of carbonyl (C=O) groups excluding carboxylic acids is 1. The zero-order valence-corrected chi connectivity index (χ0v) is 24.3. The molecule has 6 rings (SSSR count). The van der Waals surface area contributed by atoms with Crippen LogP contribution in [0.5, 0.6) is 11.5 Å². The van der Waals surface area contributed by atoms with E-state index < -0.39 is 0 Å². The highest BCUT2D eigenvalue weighted by atomic mass is 16.5. The maximum atomic E-state index is 13.8. The van der Waals surface area contributed by atoms with E-state index in [1.54, 1.807) is 14.2 Å². The van der Waals surface area contributed by atoms with E-state index in [1.807, 2.05) is 23.1 Å². The van der Waals surface area contributed by atoms with Gasteiger partial charge in [-0.2, -0.15) is 0 Å². The molecule has 2 bridgehead atoms. The maximum absolute atomic E-state index is 13.8. The highest BCUT2D eigenvalue weighted by molar-refractivity contribution is 5.80. The Bertz CT molecular complexity index is 1210. The summed E-state index contributed by atoms with van der Waals surface area (Å²) in [7, 11) is 3.40. The molecule has 1 unspecified atom stereocenters. The summed E-state index contributed by atoms with van der Waals surface area (Å²) in [6.07, 6.45) is 1.01. The second-order valence-corrected chi connectivity index (χ2v) is 10.9. The summed E-state index contributed by atoms with van der Waals surface area (Å²) in [6.45, 7) is 8.11. The third-order valence-electron chi connectivity index (χ3n) is 9.02. The predicted molar refractivity (Wildman–Crippen MR) is 160 cm³/mol. The lowest BCUT2D eigenvalue weighted by atomic mass is 9.66. The Labute approximate surface area is 239 Å². The smallest absolute Gasteiger partial charge is 0.227 e. The maximum Gasteiger partial charge on any atom is 0.227 e. The number of hydrogen-bond acceptors (Lipinski definition) is 5. The van der Waals surface area contributed by atoms with Gasteiger partial charge in [-0.3, -0.25) is 9.69 Å². The van der Waals surface area contributed by atoms with E-state index in [1.165, 1.54) is 11.1 Å². The van der Waals surface area contributed by atoms with Gasteiger partial charge in [0.25, 0.3) is 0 Å². The van der Waals surface area contributed by atoms with Gasteiger partial charge in [-0.15, -0.1) is 0 Å². The molecule has 212 valence electrons. The van der Waals surface area contributed by atoms with Gasteiger partial charge in [0.15, 0.2) is 0 Å². The van der Waals surface area contributed by atoms with Crippen LogP contribution in [0.4, 0.5) is 0 Å². The van der Waals surface area contributed by atoms with Crippen LogP contribution in [0.25, 0.3) is 0 Å². The summed E-state index contributed by atoms with van der Waals surface area (Å²) in [6, 6.07) is 28.0. The van der Waals surface area contributed by atoms with Crippen LogP contribution in [0.2, 0.25) is 0 Å². The number of benzene rings is 3. The zero-order valence-electron chi connectivity index (χ0n) is 24.3. The monoisotopic (exact) mass is 541 g/mol. The van der Waals surface area contributed by atoms with Crippen LogP contribution in [-0.4, -0.2) is 68.2 Å². The average Bonchev–Trinajstić information content (AvgIpc) is 3.02. The first kappa shape index (κ1) is 28.2. The van der Waals surface area contributed by atoms with E-state index in [-0.39, 0.29) is 29.8 Å². The molecule has 3 saturated heterocycles. The van der Waals surface area contributed by atoms with Crippen molar-refractivity contribution >= 4 is 5.91 Å². The number of piperidine rings is 3. The fourth-order valence-electron chi connectivity index (χ4n) is 7.05. The van der Waals surface area contributed by atoms with Crippen molar-refractivity contribution in [2.45, 2.75) is 44.8 Å². The van der Waals surface area contributed by atoms with E-state index in [0.717, 1.165) is 49.7 Å². The Morgan fingerprint density at radius 1 is 0.950 bits per heavy atom. The van der Waals surface area contributed by atoms with Crippen molar-refractivity contribution in [2.24, 2.45) is 11.8 Å². The summed E-state index contributed by atoms with van der Waals surface area (Å²) in [5.41, 5.74) is 3.67. The number of fused-ring (bicyclic) bond motifs is 3. The fraction of sp³-hybridized carbons (Fsp3) is 0.441. The summed E-state index contributed by atoms with van der Waals surface area (Å²) < 4.78 is 11.2. The Morgan fingerprint density at radius 3 is 2.17 bits per heavy atom. The van der Waals surface area contributed by atoms with E-state index in [2.05, 4.69) is 84.7 Å². The number of ether oxygens (including phenoxy) is 2. The largest absolute Gasteiger partial charge is 0.497 e. The Morgan fingerprint density at radius 2 is 1.60 bits per heavy atom. The van der Waals surface area contributed by atoms with Crippen molar-refractivity contribution in [3.8, 4) is 11.5 Å². The predicted octanol–water partition coefficient (Wildman–Crippen LogP) is 5.18. The lowest BCUT2D eigenvalue weighted by Crippen LogP contribution is -2.69.